The topological polar surface area (TPSA) is 38.0 Å². The van der Waals surface area contributed by atoms with Crippen LogP contribution in [-0.4, -0.2) is 20.3 Å². The van der Waals surface area contributed by atoms with Gasteiger partial charge in [0.1, 0.15) is 5.82 Å². The standard InChI is InChI=1S/C17H17FN2O/c1-17(2,21)10-20-11-19-15-9-13(5-8-16(15)20)12-3-6-14(18)7-4-12/h3-9,11,21H,10H2,1-2H3. The zero-order chi connectivity index (χ0) is 15.0. The largest absolute Gasteiger partial charge is 0.389 e. The lowest BCUT2D eigenvalue weighted by Gasteiger charge is -2.18. The van der Waals surface area contributed by atoms with Crippen molar-refractivity contribution in [3.8, 4) is 11.1 Å². The van der Waals surface area contributed by atoms with Crippen molar-refractivity contribution in [2.45, 2.75) is 26.0 Å². The summed E-state index contributed by atoms with van der Waals surface area (Å²) >= 11 is 0. The molecule has 0 saturated carbocycles. The maximum atomic E-state index is 13.0. The van der Waals surface area contributed by atoms with E-state index in [1.54, 1.807) is 32.3 Å². The van der Waals surface area contributed by atoms with Crippen LogP contribution in [0.1, 0.15) is 13.8 Å². The van der Waals surface area contributed by atoms with Gasteiger partial charge in [0, 0.05) is 0 Å². The minimum absolute atomic E-state index is 0.241. The molecule has 0 aliphatic rings. The molecular weight excluding hydrogens is 267 g/mol. The summed E-state index contributed by atoms with van der Waals surface area (Å²) in [6.07, 6.45) is 1.73. The summed E-state index contributed by atoms with van der Waals surface area (Å²) in [6.45, 7) is 4.02. The predicted octanol–water partition coefficient (Wildman–Crippen LogP) is 3.61. The lowest BCUT2D eigenvalue weighted by molar-refractivity contribution is 0.0627. The molecule has 0 spiro atoms. The van der Waals surface area contributed by atoms with E-state index in [9.17, 15) is 9.50 Å². The Kier molecular flexibility index (Phi) is 3.26. The Morgan fingerprint density at radius 2 is 1.76 bits per heavy atom. The van der Waals surface area contributed by atoms with Crippen LogP contribution in [-0.2, 0) is 6.54 Å². The van der Waals surface area contributed by atoms with E-state index in [0.717, 1.165) is 22.2 Å². The fraction of sp³-hybridized carbons (Fsp3) is 0.235. The fourth-order valence-corrected chi connectivity index (χ4v) is 2.43. The minimum atomic E-state index is -0.788. The first kappa shape index (κ1) is 13.8. The molecule has 21 heavy (non-hydrogen) atoms. The van der Waals surface area contributed by atoms with Crippen LogP contribution in [0.2, 0.25) is 0 Å². The molecular formula is C17H17FN2O. The van der Waals surface area contributed by atoms with Crippen LogP contribution < -0.4 is 0 Å². The Labute approximate surface area is 122 Å². The summed E-state index contributed by atoms with van der Waals surface area (Å²) in [5.41, 5.74) is 3.00. The summed E-state index contributed by atoms with van der Waals surface area (Å²) in [7, 11) is 0. The Bertz CT molecular complexity index is 770. The Morgan fingerprint density at radius 3 is 2.43 bits per heavy atom. The molecule has 0 bridgehead atoms. The van der Waals surface area contributed by atoms with Gasteiger partial charge >= 0.3 is 0 Å². The van der Waals surface area contributed by atoms with E-state index in [1.165, 1.54) is 12.1 Å². The molecule has 1 aromatic heterocycles. The van der Waals surface area contributed by atoms with Gasteiger partial charge in [0.25, 0.3) is 0 Å². The molecule has 3 rings (SSSR count). The average molecular weight is 284 g/mol. The van der Waals surface area contributed by atoms with Crippen molar-refractivity contribution in [2.24, 2.45) is 0 Å². The van der Waals surface area contributed by atoms with E-state index in [0.29, 0.717) is 6.54 Å². The molecule has 0 fully saturated rings. The molecule has 1 N–H and O–H groups in total. The smallest absolute Gasteiger partial charge is 0.123 e. The molecule has 4 heteroatoms. The number of nitrogens with zero attached hydrogens (tertiary/aromatic N) is 2. The van der Waals surface area contributed by atoms with Crippen LogP contribution in [0.25, 0.3) is 22.2 Å². The number of benzene rings is 2. The third-order valence-corrected chi connectivity index (χ3v) is 3.36. The maximum Gasteiger partial charge on any atom is 0.123 e. The molecule has 2 aromatic carbocycles. The maximum absolute atomic E-state index is 13.0. The van der Waals surface area contributed by atoms with Gasteiger partial charge in [0.05, 0.1) is 29.5 Å². The first-order chi connectivity index (χ1) is 9.92. The third kappa shape index (κ3) is 2.95. The van der Waals surface area contributed by atoms with Crippen LogP contribution in [0, 0.1) is 5.82 Å². The molecule has 108 valence electrons. The van der Waals surface area contributed by atoms with Crippen LogP contribution in [0.4, 0.5) is 4.39 Å². The Hall–Kier alpha value is -2.20. The van der Waals surface area contributed by atoms with Gasteiger partial charge in [-0.25, -0.2) is 9.37 Å². The summed E-state index contributed by atoms with van der Waals surface area (Å²) < 4.78 is 14.9. The zero-order valence-electron chi connectivity index (χ0n) is 12.0. The summed E-state index contributed by atoms with van der Waals surface area (Å²) in [5.74, 6) is -0.241. The number of aromatic nitrogens is 2. The number of halogens is 1. The first-order valence-electron chi connectivity index (χ1n) is 6.86. The van der Waals surface area contributed by atoms with Crippen LogP contribution in [0.15, 0.2) is 48.8 Å². The molecule has 1 heterocycles. The van der Waals surface area contributed by atoms with E-state index >= 15 is 0 Å². The molecule has 0 atom stereocenters. The van der Waals surface area contributed by atoms with Crippen molar-refractivity contribution in [1.82, 2.24) is 9.55 Å². The van der Waals surface area contributed by atoms with Crippen LogP contribution in [0.3, 0.4) is 0 Å². The molecule has 3 aromatic rings. The van der Waals surface area contributed by atoms with Crippen molar-refractivity contribution in [1.29, 1.82) is 0 Å². The predicted molar refractivity (Wildman–Crippen MR) is 81.4 cm³/mol. The summed E-state index contributed by atoms with van der Waals surface area (Å²) in [5, 5.41) is 9.92. The van der Waals surface area contributed by atoms with Gasteiger partial charge in [-0.2, -0.15) is 0 Å². The Balaban J connectivity index is 2.00. The van der Waals surface area contributed by atoms with Gasteiger partial charge in [-0.15, -0.1) is 0 Å². The van der Waals surface area contributed by atoms with Gasteiger partial charge in [-0.1, -0.05) is 18.2 Å². The highest BCUT2D eigenvalue weighted by atomic mass is 19.1. The number of aliphatic hydroxyl groups is 1. The van der Waals surface area contributed by atoms with Gasteiger partial charge in [-0.3, -0.25) is 0 Å². The molecule has 0 unspecified atom stereocenters. The van der Waals surface area contributed by atoms with E-state index in [-0.39, 0.29) is 5.82 Å². The summed E-state index contributed by atoms with van der Waals surface area (Å²) in [6, 6.07) is 12.3. The Morgan fingerprint density at radius 1 is 1.10 bits per heavy atom. The van der Waals surface area contributed by atoms with E-state index in [4.69, 9.17) is 0 Å². The number of hydrogen-bond acceptors (Lipinski definition) is 2. The molecule has 3 nitrogen and oxygen atoms in total. The molecule has 0 aliphatic carbocycles. The normalized spacial score (nSPS) is 12.0. The highest BCUT2D eigenvalue weighted by molar-refractivity contribution is 5.82. The van der Waals surface area contributed by atoms with Crippen LogP contribution >= 0.6 is 0 Å². The SMILES string of the molecule is CC(C)(O)Cn1cnc2cc(-c3ccc(F)cc3)ccc21. The highest BCUT2D eigenvalue weighted by Gasteiger charge is 2.15. The van der Waals surface area contributed by atoms with Gasteiger partial charge in [0.15, 0.2) is 0 Å². The van der Waals surface area contributed by atoms with Crippen molar-refractivity contribution in [2.75, 3.05) is 0 Å². The number of hydrogen-bond donors (Lipinski definition) is 1. The quantitative estimate of drug-likeness (QED) is 0.797. The molecule has 0 saturated heterocycles. The fourth-order valence-electron chi connectivity index (χ4n) is 2.43. The van der Waals surface area contributed by atoms with Crippen molar-refractivity contribution in [3.63, 3.8) is 0 Å². The van der Waals surface area contributed by atoms with Gasteiger partial charge in [-0.05, 0) is 49.2 Å². The van der Waals surface area contributed by atoms with Crippen molar-refractivity contribution in [3.05, 3.63) is 54.6 Å². The monoisotopic (exact) mass is 284 g/mol. The zero-order valence-corrected chi connectivity index (χ0v) is 12.0. The second-order valence-corrected chi connectivity index (χ2v) is 5.90. The van der Waals surface area contributed by atoms with Crippen molar-refractivity contribution < 1.29 is 9.50 Å². The number of fused-ring (bicyclic) bond motifs is 1. The van der Waals surface area contributed by atoms with E-state index in [2.05, 4.69) is 4.98 Å². The van der Waals surface area contributed by atoms with E-state index < -0.39 is 5.60 Å². The van der Waals surface area contributed by atoms with Crippen LogP contribution in [0.5, 0.6) is 0 Å². The summed E-state index contributed by atoms with van der Waals surface area (Å²) in [4.78, 5) is 4.38. The number of rotatable bonds is 3. The van der Waals surface area contributed by atoms with Crippen molar-refractivity contribution >= 4 is 11.0 Å². The minimum Gasteiger partial charge on any atom is -0.389 e. The molecule has 0 aliphatic heterocycles. The number of imidazole rings is 1. The molecule has 0 amide bonds. The third-order valence-electron chi connectivity index (χ3n) is 3.36. The average Bonchev–Trinajstić information content (AvgIpc) is 2.80. The second-order valence-electron chi connectivity index (χ2n) is 5.90. The lowest BCUT2D eigenvalue weighted by atomic mass is 10.0. The highest BCUT2D eigenvalue weighted by Crippen LogP contribution is 2.24. The first-order valence-corrected chi connectivity index (χ1v) is 6.86. The molecule has 0 radical (unpaired) electrons. The second kappa shape index (κ2) is 4.97. The van der Waals surface area contributed by atoms with E-state index in [1.807, 2.05) is 22.8 Å². The van der Waals surface area contributed by atoms with Gasteiger partial charge < -0.3 is 9.67 Å². The van der Waals surface area contributed by atoms with Gasteiger partial charge in [0.2, 0.25) is 0 Å². The lowest BCUT2D eigenvalue weighted by Crippen LogP contribution is -2.25.